The standard InChI is InChI=1S/C11H18N4O2/c1-8-12-9(14-13-8)10(16)15-6-4-5-11(2,7-15)17-3/h4-7H2,1-3H3,(H,12,13,14). The van der Waals surface area contributed by atoms with Gasteiger partial charge in [-0.15, -0.1) is 5.10 Å². The zero-order valence-electron chi connectivity index (χ0n) is 10.5. The number of hydrogen-bond donors (Lipinski definition) is 1. The second kappa shape index (κ2) is 4.44. The lowest BCUT2D eigenvalue weighted by Gasteiger charge is -2.38. The van der Waals surface area contributed by atoms with Gasteiger partial charge in [0.2, 0.25) is 5.82 Å². The van der Waals surface area contributed by atoms with Gasteiger partial charge >= 0.3 is 0 Å². The maximum Gasteiger partial charge on any atom is 0.293 e. The van der Waals surface area contributed by atoms with Crippen molar-refractivity contribution < 1.29 is 9.53 Å². The summed E-state index contributed by atoms with van der Waals surface area (Å²) >= 11 is 0. The molecule has 94 valence electrons. The van der Waals surface area contributed by atoms with E-state index in [1.807, 2.05) is 6.92 Å². The average Bonchev–Trinajstić information content (AvgIpc) is 2.75. The van der Waals surface area contributed by atoms with Gasteiger partial charge in [-0.25, -0.2) is 4.98 Å². The van der Waals surface area contributed by atoms with E-state index in [-0.39, 0.29) is 17.3 Å². The van der Waals surface area contributed by atoms with Crippen LogP contribution in [0.3, 0.4) is 0 Å². The predicted molar refractivity (Wildman–Crippen MR) is 61.7 cm³/mol. The van der Waals surface area contributed by atoms with E-state index in [2.05, 4.69) is 15.2 Å². The molecular weight excluding hydrogens is 220 g/mol. The molecule has 17 heavy (non-hydrogen) atoms. The molecule has 1 aromatic rings. The number of piperidine rings is 1. The summed E-state index contributed by atoms with van der Waals surface area (Å²) < 4.78 is 5.46. The van der Waals surface area contributed by atoms with Crippen LogP contribution in [0.1, 0.15) is 36.2 Å². The van der Waals surface area contributed by atoms with Crippen LogP contribution >= 0.6 is 0 Å². The molecule has 0 aliphatic carbocycles. The summed E-state index contributed by atoms with van der Waals surface area (Å²) in [6.07, 6.45) is 1.92. The lowest BCUT2D eigenvalue weighted by atomic mass is 9.95. The Morgan fingerprint density at radius 1 is 1.59 bits per heavy atom. The van der Waals surface area contributed by atoms with Crippen molar-refractivity contribution in [1.29, 1.82) is 0 Å². The van der Waals surface area contributed by atoms with Gasteiger partial charge in [-0.3, -0.25) is 9.89 Å². The summed E-state index contributed by atoms with van der Waals surface area (Å²) in [4.78, 5) is 18.0. The van der Waals surface area contributed by atoms with E-state index < -0.39 is 0 Å². The minimum absolute atomic E-state index is 0.127. The molecule has 1 saturated heterocycles. The normalized spacial score (nSPS) is 25.0. The number of nitrogens with one attached hydrogen (secondary N) is 1. The molecule has 1 atom stereocenters. The van der Waals surface area contributed by atoms with Gasteiger partial charge in [0.15, 0.2) is 0 Å². The quantitative estimate of drug-likeness (QED) is 0.825. The maximum atomic E-state index is 12.1. The summed E-state index contributed by atoms with van der Waals surface area (Å²) in [5, 5.41) is 6.58. The molecule has 0 bridgehead atoms. The molecular formula is C11H18N4O2. The lowest BCUT2D eigenvalue weighted by molar-refractivity contribution is -0.0442. The highest BCUT2D eigenvalue weighted by Gasteiger charge is 2.34. The van der Waals surface area contributed by atoms with Gasteiger partial charge in [0.1, 0.15) is 5.82 Å². The molecule has 0 spiro atoms. The zero-order chi connectivity index (χ0) is 12.5. The highest BCUT2D eigenvalue weighted by molar-refractivity contribution is 5.90. The Morgan fingerprint density at radius 3 is 2.94 bits per heavy atom. The van der Waals surface area contributed by atoms with E-state index in [9.17, 15) is 4.79 Å². The SMILES string of the molecule is COC1(C)CCCN(C(=O)c2n[nH]c(C)n2)C1. The van der Waals surface area contributed by atoms with E-state index in [0.29, 0.717) is 12.4 Å². The third kappa shape index (κ3) is 2.46. The predicted octanol–water partition coefficient (Wildman–Crippen LogP) is 0.754. The molecule has 0 saturated carbocycles. The topological polar surface area (TPSA) is 71.1 Å². The average molecular weight is 238 g/mol. The Morgan fingerprint density at radius 2 is 2.35 bits per heavy atom. The molecule has 1 aliphatic rings. The molecule has 0 aromatic carbocycles. The number of rotatable bonds is 2. The van der Waals surface area contributed by atoms with Crippen molar-refractivity contribution in [1.82, 2.24) is 20.1 Å². The number of aromatic nitrogens is 3. The number of carbonyl (C=O) groups is 1. The molecule has 2 heterocycles. The number of H-pyrrole nitrogens is 1. The van der Waals surface area contributed by atoms with E-state index in [4.69, 9.17) is 4.74 Å². The summed E-state index contributed by atoms with van der Waals surface area (Å²) in [7, 11) is 1.69. The lowest BCUT2D eigenvalue weighted by Crippen LogP contribution is -2.49. The second-order valence-electron chi connectivity index (χ2n) is 4.73. The highest BCUT2D eigenvalue weighted by Crippen LogP contribution is 2.24. The summed E-state index contributed by atoms with van der Waals surface area (Å²) in [6.45, 7) is 5.14. The van der Waals surface area contributed by atoms with E-state index in [1.54, 1.807) is 18.9 Å². The molecule has 1 amide bonds. The fourth-order valence-electron chi connectivity index (χ4n) is 2.13. The van der Waals surface area contributed by atoms with Crippen LogP contribution < -0.4 is 0 Å². The summed E-state index contributed by atoms with van der Waals surface area (Å²) in [5.41, 5.74) is -0.251. The first kappa shape index (κ1) is 12.0. The third-order valence-electron chi connectivity index (χ3n) is 3.23. The molecule has 0 radical (unpaired) electrons. The largest absolute Gasteiger partial charge is 0.377 e. The fraction of sp³-hybridized carbons (Fsp3) is 0.727. The Hall–Kier alpha value is -1.43. The number of nitrogens with zero attached hydrogens (tertiary/aromatic N) is 3. The maximum absolute atomic E-state index is 12.1. The molecule has 1 aromatic heterocycles. The van der Waals surface area contributed by atoms with Gasteiger partial charge in [0, 0.05) is 20.2 Å². The van der Waals surface area contributed by atoms with Crippen LogP contribution in [0.15, 0.2) is 0 Å². The van der Waals surface area contributed by atoms with Gasteiger partial charge in [0.25, 0.3) is 5.91 Å². The van der Waals surface area contributed by atoms with Crippen molar-refractivity contribution in [3.8, 4) is 0 Å². The van der Waals surface area contributed by atoms with Gasteiger partial charge in [0.05, 0.1) is 5.60 Å². The molecule has 1 fully saturated rings. The first-order chi connectivity index (χ1) is 8.04. The molecule has 2 rings (SSSR count). The summed E-state index contributed by atoms with van der Waals surface area (Å²) in [6, 6.07) is 0. The number of aromatic amines is 1. The van der Waals surface area contributed by atoms with Crippen LogP contribution in [0.5, 0.6) is 0 Å². The Bertz CT molecular complexity index is 417. The van der Waals surface area contributed by atoms with Crippen LogP contribution in [0, 0.1) is 6.92 Å². The van der Waals surface area contributed by atoms with Crippen molar-refractivity contribution in [3.63, 3.8) is 0 Å². The molecule has 1 N–H and O–H groups in total. The molecule has 6 nitrogen and oxygen atoms in total. The van der Waals surface area contributed by atoms with E-state index in [1.165, 1.54) is 0 Å². The number of amides is 1. The number of ether oxygens (including phenoxy) is 1. The zero-order valence-corrected chi connectivity index (χ0v) is 10.5. The first-order valence-corrected chi connectivity index (χ1v) is 5.77. The van der Waals surface area contributed by atoms with Gasteiger partial charge in [-0.1, -0.05) is 0 Å². The minimum atomic E-state index is -0.251. The Kier molecular flexibility index (Phi) is 3.15. The molecule has 6 heteroatoms. The van der Waals surface area contributed by atoms with Gasteiger partial charge in [-0.2, -0.15) is 0 Å². The smallest absolute Gasteiger partial charge is 0.293 e. The van der Waals surface area contributed by atoms with E-state index >= 15 is 0 Å². The number of hydrogen-bond acceptors (Lipinski definition) is 4. The number of methoxy groups -OCH3 is 1. The highest BCUT2D eigenvalue weighted by atomic mass is 16.5. The van der Waals surface area contributed by atoms with Gasteiger partial charge < -0.3 is 9.64 Å². The first-order valence-electron chi connectivity index (χ1n) is 5.77. The summed E-state index contributed by atoms with van der Waals surface area (Å²) in [5.74, 6) is 0.764. The van der Waals surface area contributed by atoms with Crippen LogP contribution in [0.2, 0.25) is 0 Å². The minimum Gasteiger partial charge on any atom is -0.377 e. The Balaban J connectivity index is 2.10. The van der Waals surface area contributed by atoms with Crippen LogP contribution in [-0.4, -0.2) is 51.8 Å². The van der Waals surface area contributed by atoms with Crippen molar-refractivity contribution >= 4 is 5.91 Å². The second-order valence-corrected chi connectivity index (χ2v) is 4.73. The molecule has 1 aliphatic heterocycles. The van der Waals surface area contributed by atoms with Crippen molar-refractivity contribution in [3.05, 3.63) is 11.6 Å². The number of aryl methyl sites for hydroxylation is 1. The fourth-order valence-corrected chi connectivity index (χ4v) is 2.13. The van der Waals surface area contributed by atoms with Crippen molar-refractivity contribution in [2.75, 3.05) is 20.2 Å². The van der Waals surface area contributed by atoms with Crippen LogP contribution in [0.25, 0.3) is 0 Å². The molecule has 1 unspecified atom stereocenters. The van der Waals surface area contributed by atoms with Crippen LogP contribution in [-0.2, 0) is 4.74 Å². The van der Waals surface area contributed by atoms with Crippen LogP contribution in [0.4, 0.5) is 0 Å². The Labute approximate surface area is 100 Å². The monoisotopic (exact) mass is 238 g/mol. The number of likely N-dealkylation sites (tertiary alicyclic amines) is 1. The van der Waals surface area contributed by atoms with Gasteiger partial charge in [-0.05, 0) is 26.7 Å². The van der Waals surface area contributed by atoms with E-state index in [0.717, 1.165) is 19.4 Å². The third-order valence-corrected chi connectivity index (χ3v) is 3.23. The van der Waals surface area contributed by atoms with Crippen molar-refractivity contribution in [2.45, 2.75) is 32.3 Å². The van der Waals surface area contributed by atoms with Crippen molar-refractivity contribution in [2.24, 2.45) is 0 Å². The number of carbonyl (C=O) groups excluding carboxylic acids is 1.